The van der Waals surface area contributed by atoms with Gasteiger partial charge < -0.3 is 4.90 Å². The first-order valence-corrected chi connectivity index (χ1v) is 6.50. The topological polar surface area (TPSA) is 29.0 Å². The van der Waals surface area contributed by atoms with E-state index in [1.54, 1.807) is 0 Å². The van der Waals surface area contributed by atoms with Gasteiger partial charge in [0, 0.05) is 17.9 Å². The highest BCUT2D eigenvalue weighted by Gasteiger charge is 2.36. The van der Waals surface area contributed by atoms with Gasteiger partial charge in [-0.15, -0.1) is 10.2 Å². The summed E-state index contributed by atoms with van der Waals surface area (Å²) < 4.78 is 37.0. The van der Waals surface area contributed by atoms with Crippen molar-refractivity contribution in [3.8, 4) is 0 Å². The summed E-state index contributed by atoms with van der Waals surface area (Å²) in [5, 5.41) is 6.25. The average molecular weight is 316 g/mol. The van der Waals surface area contributed by atoms with Crippen LogP contribution in [0.1, 0.15) is 17.8 Å². The Morgan fingerprint density at radius 1 is 1.38 bits per heavy atom. The molecule has 0 saturated carbocycles. The van der Waals surface area contributed by atoms with Crippen molar-refractivity contribution in [2.24, 2.45) is 0 Å². The Balaban J connectivity index is 2.12. The van der Waals surface area contributed by atoms with Crippen LogP contribution in [0, 0.1) is 0 Å². The van der Waals surface area contributed by atoms with Crippen molar-refractivity contribution in [1.82, 2.24) is 10.2 Å². The van der Waals surface area contributed by atoms with Crippen LogP contribution >= 0.6 is 27.3 Å². The fourth-order valence-corrected chi connectivity index (χ4v) is 2.98. The highest BCUT2D eigenvalue weighted by Crippen LogP contribution is 2.35. The third kappa shape index (κ3) is 2.65. The van der Waals surface area contributed by atoms with Crippen LogP contribution in [-0.2, 0) is 6.18 Å². The molecule has 8 heteroatoms. The van der Waals surface area contributed by atoms with Crippen molar-refractivity contribution >= 4 is 32.4 Å². The first-order valence-electron chi connectivity index (χ1n) is 4.76. The number of nitrogens with zero attached hydrogens (tertiary/aromatic N) is 3. The van der Waals surface area contributed by atoms with E-state index in [2.05, 4.69) is 26.1 Å². The maximum absolute atomic E-state index is 12.3. The lowest BCUT2D eigenvalue weighted by Crippen LogP contribution is -2.35. The largest absolute Gasteiger partial charge is 0.445 e. The summed E-state index contributed by atoms with van der Waals surface area (Å²) in [6.07, 6.45) is -2.39. The minimum absolute atomic E-state index is 0.319. The Morgan fingerprint density at radius 3 is 2.69 bits per heavy atom. The van der Waals surface area contributed by atoms with Crippen LogP contribution in [0.15, 0.2) is 0 Å². The van der Waals surface area contributed by atoms with Crippen molar-refractivity contribution in [1.29, 1.82) is 0 Å². The molecule has 1 unspecified atom stereocenters. The molecule has 1 saturated heterocycles. The quantitative estimate of drug-likeness (QED) is 0.746. The monoisotopic (exact) mass is 315 g/mol. The minimum atomic E-state index is -4.39. The first-order chi connectivity index (χ1) is 7.47. The zero-order chi connectivity index (χ0) is 11.8. The Morgan fingerprint density at radius 2 is 2.12 bits per heavy atom. The molecule has 0 aliphatic carbocycles. The summed E-state index contributed by atoms with van der Waals surface area (Å²) in [7, 11) is 0. The molecule has 1 atom stereocenters. The van der Waals surface area contributed by atoms with Gasteiger partial charge >= 0.3 is 6.18 Å². The van der Waals surface area contributed by atoms with Crippen LogP contribution in [0.4, 0.5) is 18.3 Å². The summed E-state index contributed by atoms with van der Waals surface area (Å²) in [4.78, 5) is 2.16. The summed E-state index contributed by atoms with van der Waals surface area (Å²) in [5.41, 5.74) is 0. The summed E-state index contributed by atoms with van der Waals surface area (Å²) in [5.74, 6) is 0. The SMILES string of the molecule is FC(F)(F)c1nnc(N2CCCC(Br)C2)s1. The number of hydrogen-bond acceptors (Lipinski definition) is 4. The fraction of sp³-hybridized carbons (Fsp3) is 0.750. The van der Waals surface area contributed by atoms with Crippen molar-refractivity contribution in [3.05, 3.63) is 5.01 Å². The van der Waals surface area contributed by atoms with Gasteiger partial charge in [-0.25, -0.2) is 0 Å². The molecule has 3 nitrogen and oxygen atoms in total. The third-order valence-corrected chi connectivity index (χ3v) is 4.07. The molecule has 1 aliphatic heterocycles. The molecule has 0 aromatic carbocycles. The van der Waals surface area contributed by atoms with E-state index >= 15 is 0 Å². The van der Waals surface area contributed by atoms with E-state index in [-0.39, 0.29) is 0 Å². The van der Waals surface area contributed by atoms with E-state index in [4.69, 9.17) is 0 Å². The number of aromatic nitrogens is 2. The molecule has 16 heavy (non-hydrogen) atoms. The van der Waals surface area contributed by atoms with E-state index < -0.39 is 11.2 Å². The van der Waals surface area contributed by atoms with Gasteiger partial charge in [-0.3, -0.25) is 0 Å². The van der Waals surface area contributed by atoms with Crippen molar-refractivity contribution in [2.45, 2.75) is 23.8 Å². The molecule has 90 valence electrons. The van der Waals surface area contributed by atoms with E-state index in [0.717, 1.165) is 19.4 Å². The molecular formula is C8H9BrF3N3S. The highest BCUT2D eigenvalue weighted by atomic mass is 79.9. The van der Waals surface area contributed by atoms with Gasteiger partial charge in [0.1, 0.15) is 0 Å². The lowest BCUT2D eigenvalue weighted by atomic mass is 10.1. The number of alkyl halides is 4. The standard InChI is InChI=1S/C8H9BrF3N3S/c9-5-2-1-3-15(4-5)7-14-13-6(16-7)8(10,11)12/h5H,1-4H2. The van der Waals surface area contributed by atoms with Crippen molar-refractivity contribution in [3.63, 3.8) is 0 Å². The fourth-order valence-electron chi connectivity index (χ4n) is 1.56. The molecule has 2 heterocycles. The van der Waals surface area contributed by atoms with Gasteiger partial charge in [-0.2, -0.15) is 13.2 Å². The predicted molar refractivity (Wildman–Crippen MR) is 59.1 cm³/mol. The van der Waals surface area contributed by atoms with Crippen molar-refractivity contribution < 1.29 is 13.2 Å². The summed E-state index contributed by atoms with van der Waals surface area (Å²) in [6.45, 7) is 1.43. The zero-order valence-corrected chi connectivity index (χ0v) is 10.6. The zero-order valence-electron chi connectivity index (χ0n) is 8.17. The predicted octanol–water partition coefficient (Wildman–Crippen LogP) is 2.92. The molecule has 1 fully saturated rings. The number of anilines is 1. The Hall–Kier alpha value is -0.370. The van der Waals surface area contributed by atoms with Crippen LogP contribution in [-0.4, -0.2) is 28.1 Å². The second kappa shape index (κ2) is 4.48. The van der Waals surface area contributed by atoms with Gasteiger partial charge in [0.05, 0.1) is 0 Å². The van der Waals surface area contributed by atoms with E-state index in [1.807, 2.05) is 4.90 Å². The molecule has 0 N–H and O–H groups in total. The van der Waals surface area contributed by atoms with Gasteiger partial charge in [0.2, 0.25) is 10.1 Å². The Labute approximate surface area is 103 Å². The molecule has 1 aromatic rings. The molecule has 0 bridgehead atoms. The molecule has 0 spiro atoms. The van der Waals surface area contributed by atoms with Crippen LogP contribution in [0.2, 0.25) is 0 Å². The molecular weight excluding hydrogens is 307 g/mol. The minimum Gasteiger partial charge on any atom is -0.346 e. The summed E-state index contributed by atoms with van der Waals surface area (Å²) >= 11 is 4.07. The molecule has 1 aromatic heterocycles. The van der Waals surface area contributed by atoms with Crippen LogP contribution in [0.5, 0.6) is 0 Å². The number of hydrogen-bond donors (Lipinski definition) is 0. The molecule has 2 rings (SSSR count). The van der Waals surface area contributed by atoms with Gasteiger partial charge in [0.15, 0.2) is 0 Å². The lowest BCUT2D eigenvalue weighted by molar-refractivity contribution is -0.138. The molecule has 0 amide bonds. The number of piperidine rings is 1. The molecule has 0 radical (unpaired) electrons. The van der Waals surface area contributed by atoms with Crippen molar-refractivity contribution in [2.75, 3.05) is 18.0 Å². The normalized spacial score (nSPS) is 22.5. The maximum atomic E-state index is 12.3. The second-order valence-electron chi connectivity index (χ2n) is 3.57. The van der Waals surface area contributed by atoms with E-state index in [1.165, 1.54) is 0 Å². The van der Waals surface area contributed by atoms with Crippen LogP contribution < -0.4 is 4.90 Å². The number of rotatable bonds is 1. The average Bonchev–Trinajstić information content (AvgIpc) is 2.65. The first kappa shape index (κ1) is 12.1. The number of halogens is 4. The molecule has 1 aliphatic rings. The smallest absolute Gasteiger partial charge is 0.346 e. The summed E-state index contributed by atoms with van der Waals surface area (Å²) in [6, 6.07) is 0. The second-order valence-corrected chi connectivity index (χ2v) is 5.82. The van der Waals surface area contributed by atoms with Crippen LogP contribution in [0.25, 0.3) is 0 Å². The maximum Gasteiger partial charge on any atom is 0.445 e. The van der Waals surface area contributed by atoms with Gasteiger partial charge in [-0.1, -0.05) is 27.3 Å². The van der Waals surface area contributed by atoms with E-state index in [0.29, 0.717) is 27.8 Å². The lowest BCUT2D eigenvalue weighted by Gasteiger charge is -2.29. The Kier molecular flexibility index (Phi) is 3.39. The van der Waals surface area contributed by atoms with Crippen LogP contribution in [0.3, 0.4) is 0 Å². The Bertz CT molecular complexity index is 368. The van der Waals surface area contributed by atoms with E-state index in [9.17, 15) is 13.2 Å². The highest BCUT2D eigenvalue weighted by molar-refractivity contribution is 9.09. The third-order valence-electron chi connectivity index (χ3n) is 2.29. The van der Waals surface area contributed by atoms with Gasteiger partial charge in [-0.05, 0) is 12.8 Å². The van der Waals surface area contributed by atoms with Gasteiger partial charge in [0.25, 0.3) is 0 Å².